The lowest BCUT2D eigenvalue weighted by Crippen LogP contribution is -2.15. The van der Waals surface area contributed by atoms with Gasteiger partial charge in [0.15, 0.2) is 0 Å². The van der Waals surface area contributed by atoms with Crippen molar-refractivity contribution >= 4 is 27.3 Å². The van der Waals surface area contributed by atoms with Crippen molar-refractivity contribution in [3.63, 3.8) is 0 Å². The molecule has 0 bridgehead atoms. The number of benzene rings is 4. The lowest BCUT2D eigenvalue weighted by molar-refractivity contribution is 0.102. The zero-order valence-electron chi connectivity index (χ0n) is 20.2. The smallest absolute Gasteiger partial charge is 0.261 e. The molecule has 0 spiro atoms. The summed E-state index contributed by atoms with van der Waals surface area (Å²) in [6.45, 7) is 4.31. The molecule has 0 saturated carbocycles. The van der Waals surface area contributed by atoms with Crippen molar-refractivity contribution in [2.45, 2.75) is 25.2 Å². The maximum absolute atomic E-state index is 12.8. The number of amides is 1. The molecule has 184 valence electrons. The molecule has 7 heteroatoms. The average molecular weight is 501 g/mol. The van der Waals surface area contributed by atoms with E-state index in [1.807, 2.05) is 62.4 Å². The van der Waals surface area contributed by atoms with Crippen LogP contribution in [0.2, 0.25) is 0 Å². The number of rotatable bonds is 9. The Kier molecular flexibility index (Phi) is 7.71. The largest absolute Gasteiger partial charge is 0.493 e. The second-order valence-electron chi connectivity index (χ2n) is 8.51. The third-order valence-electron chi connectivity index (χ3n) is 5.65. The van der Waals surface area contributed by atoms with Crippen molar-refractivity contribution in [1.82, 2.24) is 0 Å². The van der Waals surface area contributed by atoms with Crippen molar-refractivity contribution in [2.24, 2.45) is 0 Å². The SMILES string of the molecule is Cc1ccc(NS(=O)(=O)c2ccc(NC(=O)c3cccc(OCCc4ccccc4)c3)cc2)c(C)c1. The van der Waals surface area contributed by atoms with Gasteiger partial charge in [-0.05, 0) is 73.5 Å². The summed E-state index contributed by atoms with van der Waals surface area (Å²) in [6, 6.07) is 28.6. The van der Waals surface area contributed by atoms with E-state index in [9.17, 15) is 13.2 Å². The number of nitrogens with one attached hydrogen (secondary N) is 2. The van der Waals surface area contributed by atoms with Crippen LogP contribution in [-0.4, -0.2) is 20.9 Å². The molecular weight excluding hydrogens is 472 g/mol. The fraction of sp³-hybridized carbons (Fsp3) is 0.138. The molecule has 0 heterocycles. The first-order chi connectivity index (χ1) is 17.3. The minimum Gasteiger partial charge on any atom is -0.493 e. The Morgan fingerprint density at radius 2 is 1.58 bits per heavy atom. The highest BCUT2D eigenvalue weighted by Gasteiger charge is 2.16. The van der Waals surface area contributed by atoms with Gasteiger partial charge in [0, 0.05) is 17.7 Å². The predicted octanol–water partition coefficient (Wildman–Crippen LogP) is 5.98. The number of carbonyl (C=O) groups excluding carboxylic acids is 1. The highest BCUT2D eigenvalue weighted by molar-refractivity contribution is 7.92. The molecule has 0 aliphatic carbocycles. The molecule has 0 saturated heterocycles. The van der Waals surface area contributed by atoms with Crippen LogP contribution in [0.4, 0.5) is 11.4 Å². The number of hydrogen-bond donors (Lipinski definition) is 2. The van der Waals surface area contributed by atoms with E-state index in [-0.39, 0.29) is 10.8 Å². The van der Waals surface area contributed by atoms with Crippen molar-refractivity contribution < 1.29 is 17.9 Å². The average Bonchev–Trinajstić information content (AvgIpc) is 2.87. The Balaban J connectivity index is 1.37. The molecule has 0 aliphatic rings. The Bertz CT molecular complexity index is 1450. The van der Waals surface area contributed by atoms with Gasteiger partial charge in [0.1, 0.15) is 5.75 Å². The topological polar surface area (TPSA) is 84.5 Å². The highest BCUT2D eigenvalue weighted by atomic mass is 32.2. The van der Waals surface area contributed by atoms with Crippen LogP contribution in [0.25, 0.3) is 0 Å². The van der Waals surface area contributed by atoms with E-state index in [1.54, 1.807) is 36.4 Å². The Morgan fingerprint density at radius 1 is 0.833 bits per heavy atom. The van der Waals surface area contributed by atoms with Gasteiger partial charge < -0.3 is 10.1 Å². The quantitative estimate of drug-likeness (QED) is 0.296. The van der Waals surface area contributed by atoms with E-state index < -0.39 is 10.0 Å². The number of carbonyl (C=O) groups is 1. The van der Waals surface area contributed by atoms with E-state index in [1.165, 1.54) is 17.7 Å². The fourth-order valence-corrected chi connectivity index (χ4v) is 4.84. The van der Waals surface area contributed by atoms with Crippen molar-refractivity contribution in [3.8, 4) is 5.75 Å². The molecule has 2 N–H and O–H groups in total. The summed E-state index contributed by atoms with van der Waals surface area (Å²) in [5.41, 5.74) is 4.54. The second-order valence-corrected chi connectivity index (χ2v) is 10.2. The van der Waals surface area contributed by atoms with Gasteiger partial charge in [-0.2, -0.15) is 0 Å². The molecule has 0 aliphatic heterocycles. The molecule has 4 rings (SSSR count). The van der Waals surface area contributed by atoms with Crippen LogP contribution in [0, 0.1) is 13.8 Å². The van der Waals surface area contributed by atoms with E-state index >= 15 is 0 Å². The van der Waals surface area contributed by atoms with Gasteiger partial charge in [-0.15, -0.1) is 0 Å². The van der Waals surface area contributed by atoms with Gasteiger partial charge in [-0.3, -0.25) is 9.52 Å². The zero-order chi connectivity index (χ0) is 25.5. The Labute approximate surface area is 212 Å². The molecule has 0 unspecified atom stereocenters. The molecular formula is C29H28N2O4S. The van der Waals surface area contributed by atoms with Gasteiger partial charge in [0.05, 0.1) is 17.2 Å². The van der Waals surface area contributed by atoms with Crippen molar-refractivity contribution in [1.29, 1.82) is 0 Å². The van der Waals surface area contributed by atoms with Gasteiger partial charge in [0.2, 0.25) is 0 Å². The number of sulfonamides is 1. The van der Waals surface area contributed by atoms with E-state index in [4.69, 9.17) is 4.74 Å². The van der Waals surface area contributed by atoms with Crippen molar-refractivity contribution in [3.05, 3.63) is 119 Å². The number of hydrogen-bond acceptors (Lipinski definition) is 4. The van der Waals surface area contributed by atoms with Crippen LogP contribution in [0.5, 0.6) is 5.75 Å². The normalized spacial score (nSPS) is 11.1. The summed E-state index contributed by atoms with van der Waals surface area (Å²) in [7, 11) is -3.76. The molecule has 0 fully saturated rings. The van der Waals surface area contributed by atoms with E-state index in [2.05, 4.69) is 10.0 Å². The van der Waals surface area contributed by atoms with E-state index in [0.29, 0.717) is 29.3 Å². The van der Waals surface area contributed by atoms with E-state index in [0.717, 1.165) is 17.5 Å². The van der Waals surface area contributed by atoms with Gasteiger partial charge >= 0.3 is 0 Å². The Hall–Kier alpha value is -4.10. The summed E-state index contributed by atoms with van der Waals surface area (Å²) in [5.74, 6) is 0.296. The summed E-state index contributed by atoms with van der Waals surface area (Å²) in [4.78, 5) is 12.9. The maximum Gasteiger partial charge on any atom is 0.261 e. The van der Waals surface area contributed by atoms with Crippen molar-refractivity contribution in [2.75, 3.05) is 16.6 Å². The molecule has 4 aromatic carbocycles. The summed E-state index contributed by atoms with van der Waals surface area (Å²) >= 11 is 0. The summed E-state index contributed by atoms with van der Waals surface area (Å²) in [6.07, 6.45) is 0.769. The molecule has 4 aromatic rings. The van der Waals surface area contributed by atoms with Crippen LogP contribution in [0.3, 0.4) is 0 Å². The molecule has 0 aromatic heterocycles. The summed E-state index contributed by atoms with van der Waals surface area (Å²) in [5, 5.41) is 2.80. The number of aryl methyl sites for hydroxylation is 2. The lowest BCUT2D eigenvalue weighted by atomic mass is 10.1. The Morgan fingerprint density at radius 3 is 2.31 bits per heavy atom. The van der Waals surface area contributed by atoms with Crippen LogP contribution in [0.1, 0.15) is 27.0 Å². The van der Waals surface area contributed by atoms with Crippen LogP contribution < -0.4 is 14.8 Å². The summed E-state index contributed by atoms with van der Waals surface area (Å²) < 4.78 is 34.0. The molecule has 1 amide bonds. The zero-order valence-corrected chi connectivity index (χ0v) is 21.0. The first-order valence-corrected chi connectivity index (χ1v) is 13.1. The molecule has 36 heavy (non-hydrogen) atoms. The lowest BCUT2D eigenvalue weighted by Gasteiger charge is -2.12. The monoisotopic (exact) mass is 500 g/mol. The standard InChI is InChI=1S/C29H28N2O4S/c1-21-11-16-28(22(2)19-21)31-36(33,34)27-14-12-25(13-15-27)30-29(32)24-9-6-10-26(20-24)35-18-17-23-7-4-3-5-8-23/h3-16,19-20,31H,17-18H2,1-2H3,(H,30,32). The maximum atomic E-state index is 12.8. The minimum atomic E-state index is -3.76. The van der Waals surface area contributed by atoms with Crippen LogP contribution >= 0.6 is 0 Å². The third-order valence-corrected chi connectivity index (χ3v) is 7.03. The van der Waals surface area contributed by atoms with Gasteiger partial charge in [-0.25, -0.2) is 8.42 Å². The van der Waals surface area contributed by atoms with Crippen LogP contribution in [-0.2, 0) is 16.4 Å². The molecule has 0 radical (unpaired) electrons. The van der Waals surface area contributed by atoms with Gasteiger partial charge in [-0.1, -0.05) is 54.1 Å². The second kappa shape index (κ2) is 11.1. The van der Waals surface area contributed by atoms with Gasteiger partial charge in [0.25, 0.3) is 15.9 Å². The minimum absolute atomic E-state index is 0.106. The molecule has 0 atom stereocenters. The molecule has 6 nitrogen and oxygen atoms in total. The third kappa shape index (κ3) is 6.52. The fourth-order valence-electron chi connectivity index (χ4n) is 3.71. The highest BCUT2D eigenvalue weighted by Crippen LogP contribution is 2.22. The predicted molar refractivity (Wildman–Crippen MR) is 143 cm³/mol. The first kappa shape index (κ1) is 25.0. The van der Waals surface area contributed by atoms with Crippen LogP contribution in [0.15, 0.2) is 102 Å². The number of ether oxygens (including phenoxy) is 1. The number of anilines is 2. The first-order valence-electron chi connectivity index (χ1n) is 11.6.